The predicted molar refractivity (Wildman–Crippen MR) is 107 cm³/mol. The van der Waals surface area contributed by atoms with Crippen LogP contribution in [-0.4, -0.2) is 15.0 Å². The molecule has 1 aromatic carbocycles. The van der Waals surface area contributed by atoms with Gasteiger partial charge in [0.25, 0.3) is 11.5 Å². The van der Waals surface area contributed by atoms with E-state index in [-0.39, 0.29) is 22.5 Å². The van der Waals surface area contributed by atoms with Crippen molar-refractivity contribution in [2.45, 2.75) is 13.0 Å². The lowest BCUT2D eigenvalue weighted by molar-refractivity contribution is 0.0993. The summed E-state index contributed by atoms with van der Waals surface area (Å²) in [5.74, 6) is -0.122. The lowest BCUT2D eigenvalue weighted by Crippen LogP contribution is -2.31. The number of halogens is 2. The van der Waals surface area contributed by atoms with Gasteiger partial charge in [-0.15, -0.1) is 0 Å². The monoisotopic (exact) mass is 401 g/mol. The summed E-state index contributed by atoms with van der Waals surface area (Å²) in [5, 5.41) is 0.702. The zero-order valence-corrected chi connectivity index (χ0v) is 16.5. The molecular weight excluding hydrogens is 385 g/mol. The lowest BCUT2D eigenvalue weighted by atomic mass is 10.0. The van der Waals surface area contributed by atoms with Crippen LogP contribution in [0.25, 0.3) is 0 Å². The zero-order chi connectivity index (χ0) is 19.5. The minimum atomic E-state index is -0.336. The number of amides is 1. The molecule has 2 aromatic heterocycles. The van der Waals surface area contributed by atoms with Crippen molar-refractivity contribution >= 4 is 34.8 Å². The largest absolute Gasteiger partial charge is 0.349 e. The molecular formula is C20H17Cl2N3O2. The van der Waals surface area contributed by atoms with Crippen molar-refractivity contribution in [1.29, 1.82) is 0 Å². The van der Waals surface area contributed by atoms with E-state index in [0.29, 0.717) is 16.3 Å². The molecule has 3 aromatic rings. The molecule has 5 nitrogen and oxygen atoms in total. The molecule has 0 saturated heterocycles. The molecule has 7 heteroatoms. The molecule has 0 fully saturated rings. The Hall–Kier alpha value is -2.50. The van der Waals surface area contributed by atoms with Gasteiger partial charge in [0.1, 0.15) is 11.1 Å². The Kier molecular flexibility index (Phi) is 4.17. The predicted octanol–water partition coefficient (Wildman–Crippen LogP) is 4.09. The third kappa shape index (κ3) is 2.69. The number of rotatable bonds is 2. The molecule has 1 aliphatic rings. The molecule has 1 amide bonds. The van der Waals surface area contributed by atoms with Crippen LogP contribution in [0.5, 0.6) is 0 Å². The zero-order valence-electron chi connectivity index (χ0n) is 15.0. The molecule has 1 atom stereocenters. The van der Waals surface area contributed by atoms with Crippen molar-refractivity contribution in [2.24, 2.45) is 14.1 Å². The number of pyridine rings is 1. The quantitative estimate of drug-likeness (QED) is 0.648. The van der Waals surface area contributed by atoms with Crippen LogP contribution >= 0.6 is 23.2 Å². The molecule has 27 heavy (non-hydrogen) atoms. The van der Waals surface area contributed by atoms with Gasteiger partial charge in [-0.1, -0.05) is 35.3 Å². The third-order valence-corrected chi connectivity index (χ3v) is 5.60. The smallest absolute Gasteiger partial charge is 0.269 e. The second-order valence-corrected chi connectivity index (χ2v) is 7.58. The van der Waals surface area contributed by atoms with E-state index in [1.807, 2.05) is 36.7 Å². The second kappa shape index (κ2) is 6.29. The van der Waals surface area contributed by atoms with Gasteiger partial charge in [-0.3, -0.25) is 14.5 Å². The van der Waals surface area contributed by atoms with Gasteiger partial charge >= 0.3 is 0 Å². The molecule has 3 heterocycles. The molecule has 0 aliphatic carbocycles. The summed E-state index contributed by atoms with van der Waals surface area (Å²) in [4.78, 5) is 26.9. The van der Waals surface area contributed by atoms with Crippen molar-refractivity contribution in [1.82, 2.24) is 9.13 Å². The topological polar surface area (TPSA) is 47.2 Å². The number of hydrogen-bond donors (Lipinski definition) is 0. The van der Waals surface area contributed by atoms with Crippen LogP contribution in [0, 0.1) is 6.92 Å². The molecule has 1 aliphatic heterocycles. The van der Waals surface area contributed by atoms with Crippen LogP contribution in [0.1, 0.15) is 33.4 Å². The van der Waals surface area contributed by atoms with Crippen molar-refractivity contribution in [3.63, 3.8) is 0 Å². The minimum Gasteiger partial charge on any atom is -0.349 e. The Labute approximate surface area is 166 Å². The molecule has 0 spiro atoms. The number of fused-ring (bicyclic) bond motifs is 1. The van der Waals surface area contributed by atoms with Crippen LogP contribution < -0.4 is 10.5 Å². The van der Waals surface area contributed by atoms with Gasteiger partial charge in [-0.05, 0) is 36.8 Å². The maximum Gasteiger partial charge on any atom is 0.269 e. The van der Waals surface area contributed by atoms with Crippen LogP contribution in [0.2, 0.25) is 10.0 Å². The highest BCUT2D eigenvalue weighted by Gasteiger charge is 2.41. The fraction of sp³-hybridized carbons (Fsp3) is 0.200. The average Bonchev–Trinajstić information content (AvgIpc) is 3.08. The highest BCUT2D eigenvalue weighted by Crippen LogP contribution is 2.42. The van der Waals surface area contributed by atoms with Crippen molar-refractivity contribution in [3.8, 4) is 0 Å². The SMILES string of the molecule is Cc1cc2c(n1C)[C@H](c1ccc(Cl)cc1)N(c1cc(Cl)c(=O)n(C)c1)C2=O. The van der Waals surface area contributed by atoms with Gasteiger partial charge in [0.05, 0.1) is 16.9 Å². The Morgan fingerprint density at radius 3 is 2.30 bits per heavy atom. The molecule has 138 valence electrons. The van der Waals surface area contributed by atoms with Crippen LogP contribution in [-0.2, 0) is 14.1 Å². The number of aryl methyl sites for hydroxylation is 2. The van der Waals surface area contributed by atoms with E-state index in [4.69, 9.17) is 23.2 Å². The van der Waals surface area contributed by atoms with E-state index in [1.165, 1.54) is 4.57 Å². The minimum absolute atomic E-state index is 0.0739. The van der Waals surface area contributed by atoms with Crippen molar-refractivity contribution < 1.29 is 4.79 Å². The standard InChI is InChI=1S/C20H17Cl2N3O2/c1-11-8-15-18(24(11)3)17(12-4-6-13(21)7-5-12)25(19(15)26)14-9-16(22)20(27)23(2)10-14/h4-10,17H,1-3H3/t17-/m0/s1. The van der Waals surface area contributed by atoms with E-state index in [9.17, 15) is 9.59 Å². The summed E-state index contributed by atoms with van der Waals surface area (Å²) in [6, 6.07) is 10.5. The van der Waals surface area contributed by atoms with Gasteiger partial charge in [0.2, 0.25) is 0 Å². The van der Waals surface area contributed by atoms with Crippen molar-refractivity contribution in [2.75, 3.05) is 4.90 Å². The summed E-state index contributed by atoms with van der Waals surface area (Å²) in [7, 11) is 3.56. The fourth-order valence-electron chi connectivity index (χ4n) is 3.63. The average molecular weight is 402 g/mol. The first-order chi connectivity index (χ1) is 12.8. The first kappa shape index (κ1) is 17.9. The Bertz CT molecular complexity index is 1100. The Balaban J connectivity index is 1.96. The normalized spacial score (nSPS) is 16.1. The number of aromatic nitrogens is 2. The maximum absolute atomic E-state index is 13.3. The first-order valence-electron chi connectivity index (χ1n) is 8.41. The molecule has 0 radical (unpaired) electrons. The number of anilines is 1. The molecule has 0 bridgehead atoms. The third-order valence-electron chi connectivity index (χ3n) is 5.08. The number of hydrogen-bond acceptors (Lipinski definition) is 2. The number of benzene rings is 1. The van der Waals surface area contributed by atoms with Gasteiger partial charge < -0.3 is 9.13 Å². The van der Waals surface area contributed by atoms with Crippen LogP contribution in [0.15, 0.2) is 47.4 Å². The van der Waals surface area contributed by atoms with E-state index in [0.717, 1.165) is 17.0 Å². The van der Waals surface area contributed by atoms with Crippen LogP contribution in [0.4, 0.5) is 5.69 Å². The van der Waals surface area contributed by atoms with E-state index >= 15 is 0 Å². The van der Waals surface area contributed by atoms with Gasteiger partial charge in [-0.25, -0.2) is 0 Å². The van der Waals surface area contributed by atoms with E-state index in [1.54, 1.807) is 36.3 Å². The molecule has 0 unspecified atom stereocenters. The summed E-state index contributed by atoms with van der Waals surface area (Å²) in [6.07, 6.45) is 1.63. The number of carbonyl (C=O) groups is 1. The van der Waals surface area contributed by atoms with E-state index in [2.05, 4.69) is 0 Å². The summed E-state index contributed by atoms with van der Waals surface area (Å²) < 4.78 is 3.41. The molecule has 0 N–H and O–H groups in total. The molecule has 0 saturated carbocycles. The number of carbonyl (C=O) groups excluding carboxylic acids is 1. The summed E-state index contributed by atoms with van der Waals surface area (Å²) in [6.45, 7) is 1.97. The maximum atomic E-state index is 13.3. The van der Waals surface area contributed by atoms with E-state index < -0.39 is 0 Å². The first-order valence-corrected chi connectivity index (χ1v) is 9.16. The Morgan fingerprint density at radius 2 is 1.67 bits per heavy atom. The second-order valence-electron chi connectivity index (χ2n) is 6.74. The molecule has 4 rings (SSSR count). The fourth-order valence-corrected chi connectivity index (χ4v) is 4.00. The lowest BCUT2D eigenvalue weighted by Gasteiger charge is -2.27. The highest BCUT2D eigenvalue weighted by molar-refractivity contribution is 6.31. The van der Waals surface area contributed by atoms with Crippen molar-refractivity contribution in [3.05, 3.63) is 85.5 Å². The Morgan fingerprint density at radius 1 is 1.00 bits per heavy atom. The van der Waals surface area contributed by atoms with Crippen LogP contribution in [0.3, 0.4) is 0 Å². The van der Waals surface area contributed by atoms with Gasteiger partial charge in [0, 0.05) is 31.0 Å². The summed E-state index contributed by atoms with van der Waals surface area (Å²) in [5.41, 5.74) is 3.76. The van der Waals surface area contributed by atoms with Gasteiger partial charge in [0.15, 0.2) is 0 Å². The van der Waals surface area contributed by atoms with Gasteiger partial charge in [-0.2, -0.15) is 0 Å². The summed E-state index contributed by atoms with van der Waals surface area (Å²) >= 11 is 12.2. The highest BCUT2D eigenvalue weighted by atomic mass is 35.5. The number of nitrogens with zero attached hydrogens (tertiary/aromatic N) is 3.